The van der Waals surface area contributed by atoms with E-state index in [0.717, 1.165) is 37.2 Å². The predicted molar refractivity (Wildman–Crippen MR) is 104 cm³/mol. The Labute approximate surface area is 153 Å². The van der Waals surface area contributed by atoms with Crippen molar-refractivity contribution in [2.24, 2.45) is 0 Å². The molecule has 1 amide bonds. The van der Waals surface area contributed by atoms with Crippen LogP contribution < -0.4 is 4.74 Å². The molecule has 2 aromatic carbocycles. The molecular formula is C22H24N2O2. The van der Waals surface area contributed by atoms with Crippen molar-refractivity contribution in [2.45, 2.75) is 26.7 Å². The molecule has 0 saturated heterocycles. The van der Waals surface area contributed by atoms with E-state index < -0.39 is 0 Å². The third kappa shape index (κ3) is 3.19. The van der Waals surface area contributed by atoms with Gasteiger partial charge in [-0.05, 0) is 43.5 Å². The fraction of sp³-hybridized carbons (Fsp3) is 0.318. The second-order valence-corrected chi connectivity index (χ2v) is 7.07. The lowest BCUT2D eigenvalue weighted by Gasteiger charge is -2.21. The highest BCUT2D eigenvalue weighted by Crippen LogP contribution is 2.26. The second-order valence-electron chi connectivity index (χ2n) is 7.07. The van der Waals surface area contributed by atoms with Gasteiger partial charge in [0, 0.05) is 36.1 Å². The lowest BCUT2D eigenvalue weighted by molar-refractivity contribution is -0.133. The van der Waals surface area contributed by atoms with Crippen molar-refractivity contribution in [3.63, 3.8) is 0 Å². The Balaban J connectivity index is 1.42. The molecule has 26 heavy (non-hydrogen) atoms. The average molecular weight is 348 g/mol. The summed E-state index contributed by atoms with van der Waals surface area (Å²) in [5.41, 5.74) is 6.07. The van der Waals surface area contributed by atoms with Crippen LogP contribution in [0.15, 0.2) is 42.5 Å². The zero-order chi connectivity index (χ0) is 18.1. The average Bonchev–Trinajstić information content (AvgIpc) is 2.85. The van der Waals surface area contributed by atoms with Crippen LogP contribution in [0.1, 0.15) is 22.4 Å². The normalized spacial score (nSPS) is 14.2. The summed E-state index contributed by atoms with van der Waals surface area (Å²) in [6, 6.07) is 14.4. The lowest BCUT2D eigenvalue weighted by atomic mass is 10.1. The number of rotatable bonds is 3. The fourth-order valence-corrected chi connectivity index (χ4v) is 3.80. The summed E-state index contributed by atoms with van der Waals surface area (Å²) in [4.78, 5) is 18.1. The Morgan fingerprint density at radius 2 is 1.92 bits per heavy atom. The molecule has 0 saturated carbocycles. The van der Waals surface area contributed by atoms with E-state index in [1.54, 1.807) is 0 Å². The summed E-state index contributed by atoms with van der Waals surface area (Å²) in [6.45, 7) is 5.63. The number of hydrogen-bond acceptors (Lipinski definition) is 2. The minimum absolute atomic E-state index is 0.0550. The Morgan fingerprint density at radius 3 is 2.77 bits per heavy atom. The van der Waals surface area contributed by atoms with Gasteiger partial charge < -0.3 is 14.6 Å². The SMILES string of the molecule is Cc1ccc(OCC(=O)N2CCc3[nH]c4ccccc4c3CC2)c(C)c1. The first kappa shape index (κ1) is 16.7. The van der Waals surface area contributed by atoms with E-state index in [-0.39, 0.29) is 12.5 Å². The number of nitrogens with one attached hydrogen (secondary N) is 1. The smallest absolute Gasteiger partial charge is 0.260 e. The number of nitrogens with zero attached hydrogens (tertiary/aromatic N) is 1. The first-order valence-electron chi connectivity index (χ1n) is 9.18. The van der Waals surface area contributed by atoms with Crippen molar-refractivity contribution in [1.29, 1.82) is 0 Å². The molecule has 0 unspecified atom stereocenters. The van der Waals surface area contributed by atoms with Gasteiger partial charge in [-0.15, -0.1) is 0 Å². The van der Waals surface area contributed by atoms with E-state index in [9.17, 15) is 4.79 Å². The fourth-order valence-electron chi connectivity index (χ4n) is 3.80. The van der Waals surface area contributed by atoms with Gasteiger partial charge in [-0.25, -0.2) is 0 Å². The van der Waals surface area contributed by atoms with Gasteiger partial charge in [-0.2, -0.15) is 0 Å². The first-order valence-corrected chi connectivity index (χ1v) is 9.18. The molecule has 2 heterocycles. The van der Waals surface area contributed by atoms with Crippen molar-refractivity contribution in [1.82, 2.24) is 9.88 Å². The lowest BCUT2D eigenvalue weighted by Crippen LogP contribution is -2.36. The standard InChI is InChI=1S/C22H24N2O2/c1-15-7-8-21(16(2)13-15)26-14-22(25)24-11-9-18-17-5-3-4-6-19(17)23-20(18)10-12-24/h3-8,13,23H,9-12,14H2,1-2H3. The van der Waals surface area contributed by atoms with Gasteiger partial charge in [-0.3, -0.25) is 4.79 Å². The van der Waals surface area contributed by atoms with E-state index >= 15 is 0 Å². The number of aryl methyl sites for hydroxylation is 2. The molecule has 0 spiro atoms. The van der Waals surface area contributed by atoms with Crippen LogP contribution in [-0.2, 0) is 17.6 Å². The highest BCUT2D eigenvalue weighted by Gasteiger charge is 2.21. The van der Waals surface area contributed by atoms with Gasteiger partial charge in [0.2, 0.25) is 0 Å². The summed E-state index contributed by atoms with van der Waals surface area (Å²) in [6.07, 6.45) is 1.74. The van der Waals surface area contributed by atoms with Crippen molar-refractivity contribution < 1.29 is 9.53 Å². The molecule has 4 rings (SSSR count). The highest BCUT2D eigenvalue weighted by atomic mass is 16.5. The molecule has 1 aromatic heterocycles. The number of aromatic amines is 1. The molecule has 0 bridgehead atoms. The Bertz CT molecular complexity index is 958. The zero-order valence-electron chi connectivity index (χ0n) is 15.3. The van der Waals surface area contributed by atoms with E-state index in [0.29, 0.717) is 0 Å². The van der Waals surface area contributed by atoms with Gasteiger partial charge in [0.1, 0.15) is 5.75 Å². The number of hydrogen-bond donors (Lipinski definition) is 1. The minimum atomic E-state index is 0.0550. The molecular weight excluding hydrogens is 324 g/mol. The van der Waals surface area contributed by atoms with Crippen LogP contribution >= 0.6 is 0 Å². The van der Waals surface area contributed by atoms with Gasteiger partial charge >= 0.3 is 0 Å². The molecule has 1 aliphatic rings. The third-order valence-corrected chi connectivity index (χ3v) is 5.20. The molecule has 4 nitrogen and oxygen atoms in total. The number of H-pyrrole nitrogens is 1. The molecule has 1 aliphatic heterocycles. The van der Waals surface area contributed by atoms with Crippen LogP contribution in [-0.4, -0.2) is 35.5 Å². The Hall–Kier alpha value is -2.75. The number of benzene rings is 2. The number of aromatic nitrogens is 1. The first-order chi connectivity index (χ1) is 12.6. The van der Waals surface area contributed by atoms with E-state index in [2.05, 4.69) is 42.2 Å². The molecule has 134 valence electrons. The van der Waals surface area contributed by atoms with Crippen LogP contribution in [0, 0.1) is 13.8 Å². The molecule has 4 heteroatoms. The molecule has 3 aromatic rings. The molecule has 0 radical (unpaired) electrons. The maximum atomic E-state index is 12.6. The van der Waals surface area contributed by atoms with Gasteiger partial charge in [-0.1, -0.05) is 35.9 Å². The maximum absolute atomic E-state index is 12.6. The number of amides is 1. The van der Waals surface area contributed by atoms with Crippen molar-refractivity contribution in [3.8, 4) is 5.75 Å². The van der Waals surface area contributed by atoms with Gasteiger partial charge in [0.25, 0.3) is 5.91 Å². The van der Waals surface area contributed by atoms with Crippen LogP contribution in [0.2, 0.25) is 0 Å². The quantitative estimate of drug-likeness (QED) is 0.783. The van der Waals surface area contributed by atoms with E-state index in [1.807, 2.05) is 24.0 Å². The number of para-hydroxylation sites is 1. The van der Waals surface area contributed by atoms with Crippen molar-refractivity contribution in [3.05, 3.63) is 64.8 Å². The molecule has 0 atom stereocenters. The van der Waals surface area contributed by atoms with Crippen LogP contribution in [0.5, 0.6) is 5.75 Å². The number of fused-ring (bicyclic) bond motifs is 3. The summed E-state index contributed by atoms with van der Waals surface area (Å²) in [5, 5.41) is 1.28. The van der Waals surface area contributed by atoms with Gasteiger partial charge in [0.05, 0.1) is 0 Å². The molecule has 0 fully saturated rings. The topological polar surface area (TPSA) is 45.3 Å². The summed E-state index contributed by atoms with van der Waals surface area (Å²) in [5.74, 6) is 0.842. The van der Waals surface area contributed by atoms with E-state index in [1.165, 1.54) is 27.7 Å². The minimum Gasteiger partial charge on any atom is -0.484 e. The zero-order valence-corrected chi connectivity index (χ0v) is 15.3. The van der Waals surface area contributed by atoms with Crippen LogP contribution in [0.4, 0.5) is 0 Å². The summed E-state index contributed by atoms with van der Waals surface area (Å²) in [7, 11) is 0. The highest BCUT2D eigenvalue weighted by molar-refractivity contribution is 5.85. The maximum Gasteiger partial charge on any atom is 0.260 e. The van der Waals surface area contributed by atoms with Crippen molar-refractivity contribution >= 4 is 16.8 Å². The van der Waals surface area contributed by atoms with E-state index in [4.69, 9.17) is 4.74 Å². The number of ether oxygens (including phenoxy) is 1. The number of carbonyl (C=O) groups excluding carboxylic acids is 1. The summed E-state index contributed by atoms with van der Waals surface area (Å²) >= 11 is 0. The summed E-state index contributed by atoms with van der Waals surface area (Å²) < 4.78 is 5.78. The van der Waals surface area contributed by atoms with Gasteiger partial charge in [0.15, 0.2) is 6.61 Å². The largest absolute Gasteiger partial charge is 0.484 e. The van der Waals surface area contributed by atoms with Crippen molar-refractivity contribution in [2.75, 3.05) is 19.7 Å². The van der Waals surface area contributed by atoms with Crippen LogP contribution in [0.3, 0.4) is 0 Å². The monoisotopic (exact) mass is 348 g/mol. The Morgan fingerprint density at radius 1 is 1.12 bits per heavy atom. The third-order valence-electron chi connectivity index (χ3n) is 5.20. The second kappa shape index (κ2) is 6.87. The predicted octanol–water partition coefficient (Wildman–Crippen LogP) is 3.79. The number of carbonyl (C=O) groups is 1. The Kier molecular flexibility index (Phi) is 4.41. The molecule has 1 N–H and O–H groups in total. The molecule has 0 aliphatic carbocycles. The van der Waals surface area contributed by atoms with Crippen LogP contribution in [0.25, 0.3) is 10.9 Å².